The van der Waals surface area contributed by atoms with Crippen LogP contribution in [0.25, 0.3) is 27.6 Å². The number of anilines is 3. The molecule has 286 valence electrons. The van der Waals surface area contributed by atoms with Crippen molar-refractivity contribution in [1.29, 1.82) is 0 Å². The van der Waals surface area contributed by atoms with Crippen LogP contribution in [0, 0.1) is 26.7 Å². The van der Waals surface area contributed by atoms with Crippen LogP contribution in [-0.4, -0.2) is 35.4 Å². The van der Waals surface area contributed by atoms with E-state index in [0.717, 1.165) is 44.7 Å². The molecule has 0 N–H and O–H groups in total. The van der Waals surface area contributed by atoms with Crippen LogP contribution in [0.1, 0.15) is 36.1 Å². The summed E-state index contributed by atoms with van der Waals surface area (Å²) in [6.45, 7) is 6.06. The van der Waals surface area contributed by atoms with E-state index < -0.39 is 18.8 Å². The van der Waals surface area contributed by atoms with Crippen LogP contribution in [0.5, 0.6) is 0 Å². The van der Waals surface area contributed by atoms with Gasteiger partial charge in [-0.3, -0.25) is 9.59 Å². The third kappa shape index (κ3) is 6.38. The Morgan fingerprint density at radius 3 is 1.91 bits per heavy atom. The van der Waals surface area contributed by atoms with Gasteiger partial charge in [0.15, 0.2) is 0 Å². The number of aliphatic imine (C=N–C) groups is 1. The highest BCUT2D eigenvalue weighted by Gasteiger charge is 2.59. The molecule has 3 heterocycles. The lowest BCUT2D eigenvalue weighted by atomic mass is 9.73. The predicted octanol–water partition coefficient (Wildman–Crippen LogP) is 10.2. The Labute approximate surface area is 338 Å². The minimum atomic E-state index is -2.99. The maximum Gasteiger partial charge on any atom is 0.687 e. The fourth-order valence-corrected chi connectivity index (χ4v) is 9.07. The molecule has 9 rings (SSSR count). The van der Waals surface area contributed by atoms with E-state index >= 15 is 0 Å². The number of carbonyl (C=O) groups excluding carboxylic acids is 2. The SMILES string of the molecule is CC(=O)O[B-]1(OC(C)=O)N2C(=Nc3ccc4cc(-c5c(C)cc(C)cc5C)ccc4[n+]31)C=CC1C=C(c3ccc(N(c4ccccc4)c4ccccc4)cc3)C=CC12. The lowest BCUT2D eigenvalue weighted by Gasteiger charge is -2.52. The molecule has 2 atom stereocenters. The largest absolute Gasteiger partial charge is 0.687 e. The Kier molecular flexibility index (Phi) is 9.16. The Morgan fingerprint density at radius 2 is 1.29 bits per heavy atom. The summed E-state index contributed by atoms with van der Waals surface area (Å²) < 4.78 is 14.4. The molecule has 0 amide bonds. The fourth-order valence-electron chi connectivity index (χ4n) is 9.07. The molecule has 2 aliphatic heterocycles. The zero-order valence-corrected chi connectivity index (χ0v) is 33.2. The zero-order valence-electron chi connectivity index (χ0n) is 33.2. The monoisotopic (exact) mass is 762 g/mol. The van der Waals surface area contributed by atoms with Gasteiger partial charge in [-0.1, -0.05) is 96.6 Å². The topological polar surface area (TPSA) is 75.3 Å². The van der Waals surface area contributed by atoms with Crippen LogP contribution in [0.3, 0.4) is 0 Å². The fraction of sp³-hybridized carbons (Fsp3) is 0.143. The second-order valence-electron chi connectivity index (χ2n) is 15.3. The van der Waals surface area contributed by atoms with Crippen molar-refractivity contribution in [3.63, 3.8) is 0 Å². The summed E-state index contributed by atoms with van der Waals surface area (Å²) in [7, 11) is 0. The van der Waals surface area contributed by atoms with Gasteiger partial charge >= 0.3 is 6.82 Å². The number of benzene rings is 5. The highest BCUT2D eigenvalue weighted by Crippen LogP contribution is 2.40. The van der Waals surface area contributed by atoms with Crippen molar-refractivity contribution in [3.05, 3.63) is 180 Å². The average molecular weight is 763 g/mol. The molecule has 1 aromatic heterocycles. The molecule has 0 saturated carbocycles. The number of amidine groups is 1. The molecule has 0 saturated heterocycles. The van der Waals surface area contributed by atoms with Gasteiger partial charge in [0, 0.05) is 60.4 Å². The quantitative estimate of drug-likeness (QED) is 0.151. The lowest BCUT2D eigenvalue weighted by molar-refractivity contribution is -0.543. The van der Waals surface area contributed by atoms with Crippen molar-refractivity contribution in [2.24, 2.45) is 10.9 Å². The van der Waals surface area contributed by atoms with E-state index in [0.29, 0.717) is 11.7 Å². The lowest BCUT2D eigenvalue weighted by Crippen LogP contribution is -2.83. The van der Waals surface area contributed by atoms with Crippen LogP contribution in [0.2, 0.25) is 0 Å². The number of allylic oxidation sites excluding steroid dienone is 2. The summed E-state index contributed by atoms with van der Waals surface area (Å²) in [5.41, 5.74) is 11.8. The summed E-state index contributed by atoms with van der Waals surface area (Å²) in [6.07, 6.45) is 10.4. The summed E-state index contributed by atoms with van der Waals surface area (Å²) in [4.78, 5) is 35.6. The molecule has 9 heteroatoms. The Bertz CT molecular complexity index is 2660. The average Bonchev–Trinajstić information content (AvgIpc) is 3.20. The van der Waals surface area contributed by atoms with Gasteiger partial charge in [0.25, 0.3) is 17.8 Å². The number of hydrogen-bond acceptors (Lipinski definition) is 7. The standard InChI is InChI=1S/C49H43BN4O4/c1-32-28-33(2)49(34(3)29-32)41-19-25-46-40(31-41)21-27-48-51-47-26-20-39-30-38(18-24-45(39)53(47)50(54(46)48,57-35(4)55)58-36(5)56)37-16-22-44(23-17-37)52(42-12-8-6-9-13-42)43-14-10-7-11-15-43/h6-31,39,45H,1-5H3. The second kappa shape index (κ2) is 14.5. The highest BCUT2D eigenvalue weighted by atomic mass is 16.7. The number of fused-ring (bicyclic) bond motifs is 6. The first-order chi connectivity index (χ1) is 28.1. The molecule has 5 aromatic carbocycles. The molecule has 3 aliphatic rings. The van der Waals surface area contributed by atoms with E-state index in [1.54, 1.807) is 4.48 Å². The Balaban J connectivity index is 1.11. The molecule has 8 nitrogen and oxygen atoms in total. The van der Waals surface area contributed by atoms with Crippen molar-refractivity contribution >= 4 is 64.0 Å². The van der Waals surface area contributed by atoms with Gasteiger partial charge in [0.2, 0.25) is 5.84 Å². The molecular formula is C49H43BN4O4. The van der Waals surface area contributed by atoms with Crippen LogP contribution >= 0.6 is 0 Å². The van der Waals surface area contributed by atoms with Crippen LogP contribution in [0.15, 0.2) is 163 Å². The normalized spacial score (nSPS) is 17.4. The van der Waals surface area contributed by atoms with E-state index in [1.165, 1.54) is 36.1 Å². The van der Waals surface area contributed by atoms with E-state index in [2.05, 4.69) is 123 Å². The summed E-state index contributed by atoms with van der Waals surface area (Å²) in [5.74, 6) is -0.271. The van der Waals surface area contributed by atoms with Gasteiger partial charge in [-0.2, -0.15) is 0 Å². The summed E-state index contributed by atoms with van der Waals surface area (Å²) in [6, 6.07) is 43.4. The first kappa shape index (κ1) is 36.6. The Hall–Kier alpha value is -7.00. The van der Waals surface area contributed by atoms with Gasteiger partial charge in [-0.25, -0.2) is 0 Å². The van der Waals surface area contributed by atoms with E-state index in [1.807, 2.05) is 65.5 Å². The first-order valence-corrected chi connectivity index (χ1v) is 19.7. The van der Waals surface area contributed by atoms with Crippen molar-refractivity contribution in [2.75, 3.05) is 4.90 Å². The third-order valence-electron chi connectivity index (χ3n) is 11.2. The van der Waals surface area contributed by atoms with E-state index in [9.17, 15) is 9.59 Å². The van der Waals surface area contributed by atoms with Crippen molar-refractivity contribution in [1.82, 2.24) is 4.81 Å². The van der Waals surface area contributed by atoms with Crippen LogP contribution in [0.4, 0.5) is 22.9 Å². The van der Waals surface area contributed by atoms with Crippen LogP contribution < -0.4 is 9.38 Å². The van der Waals surface area contributed by atoms with Gasteiger partial charge in [0.05, 0.1) is 5.52 Å². The molecule has 58 heavy (non-hydrogen) atoms. The zero-order chi connectivity index (χ0) is 40.1. The second-order valence-corrected chi connectivity index (χ2v) is 15.3. The van der Waals surface area contributed by atoms with Crippen molar-refractivity contribution in [2.45, 2.75) is 40.7 Å². The molecule has 0 fully saturated rings. The van der Waals surface area contributed by atoms with Gasteiger partial charge in [-0.05, 0) is 114 Å². The van der Waals surface area contributed by atoms with Gasteiger partial charge in [-0.15, -0.1) is 0 Å². The highest BCUT2D eigenvalue weighted by molar-refractivity contribution is 6.63. The van der Waals surface area contributed by atoms with Gasteiger partial charge < -0.3 is 23.5 Å². The number of pyridine rings is 1. The maximum absolute atomic E-state index is 13.2. The van der Waals surface area contributed by atoms with Crippen LogP contribution in [-0.2, 0) is 18.9 Å². The molecule has 0 spiro atoms. The molecule has 6 aromatic rings. The smallest absolute Gasteiger partial charge is 0.598 e. The number of nitrogens with zero attached hydrogens (tertiary/aromatic N) is 4. The summed E-state index contributed by atoms with van der Waals surface area (Å²) >= 11 is 0. The third-order valence-corrected chi connectivity index (χ3v) is 11.2. The molecule has 0 bridgehead atoms. The minimum Gasteiger partial charge on any atom is -0.598 e. The molecule has 1 aliphatic carbocycles. The van der Waals surface area contributed by atoms with Gasteiger partial charge in [0.1, 0.15) is 0 Å². The maximum atomic E-state index is 13.2. The number of aryl methyl sites for hydroxylation is 3. The molecule has 0 radical (unpaired) electrons. The number of aromatic nitrogens is 1. The first-order valence-electron chi connectivity index (χ1n) is 19.7. The van der Waals surface area contributed by atoms with E-state index in [-0.39, 0.29) is 12.0 Å². The van der Waals surface area contributed by atoms with Crippen molar-refractivity contribution in [3.8, 4) is 11.1 Å². The minimum absolute atomic E-state index is 0.160. The number of carbonyl (C=O) groups is 2. The Morgan fingerprint density at radius 1 is 0.690 bits per heavy atom. The number of rotatable bonds is 7. The molecular weight excluding hydrogens is 719 g/mol. The number of hydrogen-bond donors (Lipinski definition) is 0. The number of para-hydroxylation sites is 2. The predicted molar refractivity (Wildman–Crippen MR) is 232 cm³/mol. The summed E-state index contributed by atoms with van der Waals surface area (Å²) in [5, 5.41) is 0.886. The van der Waals surface area contributed by atoms with E-state index in [4.69, 9.17) is 14.3 Å². The molecule has 2 unspecified atom stereocenters. The van der Waals surface area contributed by atoms with Crippen molar-refractivity contribution < 1.29 is 23.4 Å².